The van der Waals surface area contributed by atoms with E-state index in [0.29, 0.717) is 0 Å². The zero-order valence-corrected chi connectivity index (χ0v) is 14.2. The van der Waals surface area contributed by atoms with Crippen molar-refractivity contribution in [2.24, 2.45) is 0 Å². The van der Waals surface area contributed by atoms with Gasteiger partial charge in [-0.25, -0.2) is 0 Å². The molecule has 1 atom stereocenters. The van der Waals surface area contributed by atoms with Gasteiger partial charge < -0.3 is 9.52 Å². The fraction of sp³-hybridized carbons (Fsp3) is 0.529. The molecule has 0 saturated carbocycles. The first-order valence-corrected chi connectivity index (χ1v) is 7.53. The summed E-state index contributed by atoms with van der Waals surface area (Å²) in [6.07, 6.45) is 0.898. The van der Waals surface area contributed by atoms with Crippen molar-refractivity contribution in [2.45, 2.75) is 40.2 Å². The van der Waals surface area contributed by atoms with E-state index in [2.05, 4.69) is 50.8 Å². The number of hydrogen-bond donors (Lipinski definition) is 1. The second-order valence-electron chi connectivity index (χ2n) is 5.15. The first-order valence-electron chi connectivity index (χ1n) is 7.53. The average Bonchev–Trinajstić information content (AvgIpc) is 2.81. The summed E-state index contributed by atoms with van der Waals surface area (Å²) in [5.41, 5.74) is 3.25. The SMILES string of the molecule is CCc1oc2c(C(CO)N(CC)CC)cccc2c1C.Cl. The molecule has 118 valence electrons. The number of benzene rings is 1. The molecule has 2 aromatic rings. The Balaban J connectivity index is 0.00000220. The Labute approximate surface area is 133 Å². The fourth-order valence-corrected chi connectivity index (χ4v) is 2.99. The van der Waals surface area contributed by atoms with E-state index in [4.69, 9.17) is 4.42 Å². The van der Waals surface area contributed by atoms with E-state index in [-0.39, 0.29) is 25.1 Å². The molecule has 1 aromatic heterocycles. The van der Waals surface area contributed by atoms with Crippen LogP contribution in [0, 0.1) is 6.92 Å². The molecule has 2 rings (SSSR count). The maximum atomic E-state index is 9.82. The van der Waals surface area contributed by atoms with Gasteiger partial charge in [0.1, 0.15) is 11.3 Å². The highest BCUT2D eigenvalue weighted by atomic mass is 35.5. The zero-order valence-electron chi connectivity index (χ0n) is 13.3. The van der Waals surface area contributed by atoms with E-state index < -0.39 is 0 Å². The number of hydrogen-bond acceptors (Lipinski definition) is 3. The van der Waals surface area contributed by atoms with Crippen LogP contribution in [-0.4, -0.2) is 29.7 Å². The molecule has 3 nitrogen and oxygen atoms in total. The minimum atomic E-state index is 0. The molecule has 0 radical (unpaired) electrons. The van der Waals surface area contributed by atoms with E-state index in [1.54, 1.807) is 0 Å². The topological polar surface area (TPSA) is 36.6 Å². The van der Waals surface area contributed by atoms with Crippen LogP contribution in [0.5, 0.6) is 0 Å². The third kappa shape index (κ3) is 3.25. The van der Waals surface area contributed by atoms with Crippen LogP contribution in [0.2, 0.25) is 0 Å². The molecule has 0 bridgehead atoms. The van der Waals surface area contributed by atoms with Crippen molar-refractivity contribution in [2.75, 3.05) is 19.7 Å². The third-order valence-electron chi connectivity index (χ3n) is 4.20. The second-order valence-corrected chi connectivity index (χ2v) is 5.15. The third-order valence-corrected chi connectivity index (χ3v) is 4.20. The maximum absolute atomic E-state index is 9.82. The summed E-state index contributed by atoms with van der Waals surface area (Å²) in [5, 5.41) is 11.0. The lowest BCUT2D eigenvalue weighted by atomic mass is 10.0. The first-order chi connectivity index (χ1) is 9.67. The van der Waals surface area contributed by atoms with Crippen LogP contribution in [-0.2, 0) is 6.42 Å². The fourth-order valence-electron chi connectivity index (χ4n) is 2.99. The summed E-state index contributed by atoms with van der Waals surface area (Å²) in [6.45, 7) is 10.4. The number of aliphatic hydroxyl groups excluding tert-OH is 1. The lowest BCUT2D eigenvalue weighted by Crippen LogP contribution is -2.30. The van der Waals surface area contributed by atoms with Crippen molar-refractivity contribution < 1.29 is 9.52 Å². The molecule has 1 unspecified atom stereocenters. The van der Waals surface area contributed by atoms with Crippen LogP contribution in [0.3, 0.4) is 0 Å². The van der Waals surface area contributed by atoms with Gasteiger partial charge in [0.25, 0.3) is 0 Å². The van der Waals surface area contributed by atoms with E-state index in [1.165, 1.54) is 10.9 Å². The number of furan rings is 1. The molecule has 0 fully saturated rings. The number of rotatable bonds is 6. The Kier molecular flexibility index (Phi) is 6.72. The van der Waals surface area contributed by atoms with Gasteiger partial charge in [0.05, 0.1) is 12.6 Å². The largest absolute Gasteiger partial charge is 0.460 e. The minimum Gasteiger partial charge on any atom is -0.460 e. The summed E-state index contributed by atoms with van der Waals surface area (Å²) in [7, 11) is 0. The number of fused-ring (bicyclic) bond motifs is 1. The second kappa shape index (κ2) is 7.83. The van der Waals surface area contributed by atoms with Crippen molar-refractivity contribution >= 4 is 23.4 Å². The summed E-state index contributed by atoms with van der Waals surface area (Å²) in [5.74, 6) is 1.05. The van der Waals surface area contributed by atoms with Crippen molar-refractivity contribution in [1.82, 2.24) is 4.90 Å². The molecule has 0 saturated heterocycles. The van der Waals surface area contributed by atoms with E-state index in [1.807, 2.05) is 0 Å². The molecule has 0 spiro atoms. The molecule has 0 aliphatic heterocycles. The molecule has 4 heteroatoms. The molecular formula is C17H26ClNO2. The molecule has 1 heterocycles. The van der Waals surface area contributed by atoms with Crippen LogP contribution < -0.4 is 0 Å². The highest BCUT2D eigenvalue weighted by molar-refractivity contribution is 5.85. The molecule has 1 N–H and O–H groups in total. The smallest absolute Gasteiger partial charge is 0.139 e. The normalized spacial score (nSPS) is 12.7. The summed E-state index contributed by atoms with van der Waals surface area (Å²) < 4.78 is 6.06. The zero-order chi connectivity index (χ0) is 14.7. The van der Waals surface area contributed by atoms with Gasteiger partial charge in [-0.3, -0.25) is 4.90 Å². The Morgan fingerprint density at radius 2 is 1.86 bits per heavy atom. The molecule has 0 amide bonds. The number of likely N-dealkylation sites (N-methyl/N-ethyl adjacent to an activating group) is 1. The maximum Gasteiger partial charge on any atom is 0.139 e. The number of halogens is 1. The van der Waals surface area contributed by atoms with Gasteiger partial charge in [0.15, 0.2) is 0 Å². The lowest BCUT2D eigenvalue weighted by Gasteiger charge is -2.28. The molecule has 0 aliphatic carbocycles. The highest BCUT2D eigenvalue weighted by Crippen LogP contribution is 2.33. The Hall–Kier alpha value is -1.03. The molecular weight excluding hydrogens is 286 g/mol. The number of aliphatic hydroxyl groups is 1. The quantitative estimate of drug-likeness (QED) is 0.872. The van der Waals surface area contributed by atoms with Crippen molar-refractivity contribution in [1.29, 1.82) is 0 Å². The van der Waals surface area contributed by atoms with Crippen molar-refractivity contribution in [3.63, 3.8) is 0 Å². The van der Waals surface area contributed by atoms with Crippen LogP contribution in [0.4, 0.5) is 0 Å². The lowest BCUT2D eigenvalue weighted by molar-refractivity contribution is 0.134. The van der Waals surface area contributed by atoms with Gasteiger partial charge in [-0.2, -0.15) is 0 Å². The number of nitrogens with zero attached hydrogens (tertiary/aromatic N) is 1. The van der Waals surface area contributed by atoms with Gasteiger partial charge in [-0.05, 0) is 25.6 Å². The summed E-state index contributed by atoms with van der Waals surface area (Å²) >= 11 is 0. The van der Waals surface area contributed by atoms with E-state index in [9.17, 15) is 5.11 Å². The van der Waals surface area contributed by atoms with Crippen molar-refractivity contribution in [3.8, 4) is 0 Å². The molecule has 0 aliphatic rings. The van der Waals surface area contributed by atoms with Crippen LogP contribution in [0.25, 0.3) is 11.0 Å². The highest BCUT2D eigenvalue weighted by Gasteiger charge is 2.22. The predicted octanol–water partition coefficient (Wildman–Crippen LogP) is 4.10. The standard InChI is InChI=1S/C17H25NO2.ClH/c1-5-16-12(4)13-9-8-10-14(17(13)20-16)15(11-19)18(6-2)7-3;/h8-10,15,19H,5-7,11H2,1-4H3;1H. The number of para-hydroxylation sites is 1. The van der Waals surface area contributed by atoms with Crippen LogP contribution in [0.15, 0.2) is 22.6 Å². The average molecular weight is 312 g/mol. The Morgan fingerprint density at radius 1 is 1.19 bits per heavy atom. The number of aryl methyl sites for hydroxylation is 2. The first kappa shape index (κ1) is 18.0. The summed E-state index contributed by atoms with van der Waals surface area (Å²) in [4.78, 5) is 2.26. The van der Waals surface area contributed by atoms with Gasteiger partial charge >= 0.3 is 0 Å². The minimum absolute atomic E-state index is 0. The van der Waals surface area contributed by atoms with Gasteiger partial charge in [-0.1, -0.05) is 39.0 Å². The van der Waals surface area contributed by atoms with E-state index >= 15 is 0 Å². The molecule has 21 heavy (non-hydrogen) atoms. The monoisotopic (exact) mass is 311 g/mol. The van der Waals surface area contributed by atoms with Gasteiger partial charge in [0, 0.05) is 17.4 Å². The summed E-state index contributed by atoms with van der Waals surface area (Å²) in [6, 6.07) is 6.24. The Bertz CT molecular complexity index is 575. The Morgan fingerprint density at radius 3 is 2.38 bits per heavy atom. The predicted molar refractivity (Wildman–Crippen MR) is 90.3 cm³/mol. The van der Waals surface area contributed by atoms with E-state index in [0.717, 1.165) is 36.4 Å². The van der Waals surface area contributed by atoms with Crippen molar-refractivity contribution in [3.05, 3.63) is 35.1 Å². The van der Waals surface area contributed by atoms with Crippen LogP contribution >= 0.6 is 12.4 Å². The van der Waals surface area contributed by atoms with Gasteiger partial charge in [-0.15, -0.1) is 12.4 Å². The molecule has 1 aromatic carbocycles. The van der Waals surface area contributed by atoms with Crippen LogP contribution in [0.1, 0.15) is 43.7 Å². The van der Waals surface area contributed by atoms with Gasteiger partial charge in [0.2, 0.25) is 0 Å².